The van der Waals surface area contributed by atoms with Crippen LogP contribution >= 0.6 is 0 Å². The zero-order valence-corrected chi connectivity index (χ0v) is 4.44. The Hall–Kier alpha value is 0.0869. The van der Waals surface area contributed by atoms with E-state index in [-0.39, 0.29) is 8.80 Å². The number of hydrogen-bond donors (Lipinski definition) is 0. The van der Waals surface area contributed by atoms with Crippen molar-refractivity contribution in [2.45, 2.75) is 13.1 Å². The summed E-state index contributed by atoms with van der Waals surface area (Å²) >= 11 is 0. The highest BCUT2D eigenvalue weighted by atomic mass is 28.3. The second-order valence-electron chi connectivity index (χ2n) is 1.39. The van der Waals surface area contributed by atoms with Crippen LogP contribution in [0.4, 0.5) is 0 Å². The Bertz CT molecular complexity index is 8.00. The van der Waals surface area contributed by atoms with Gasteiger partial charge >= 0.3 is 0 Å². The molecule has 0 aromatic rings. The molecule has 0 spiro atoms. The molecule has 0 aliphatic rings. The molecule has 24 valence electrons. The van der Waals surface area contributed by atoms with Gasteiger partial charge < -0.3 is 0 Å². The molecule has 0 saturated carbocycles. The summed E-state index contributed by atoms with van der Waals surface area (Å²) in [6, 6.07) is 0. The summed E-state index contributed by atoms with van der Waals surface area (Å²) in [4.78, 5) is 0. The molecule has 0 aliphatic heterocycles. The van der Waals surface area contributed by atoms with Gasteiger partial charge in [-0.2, -0.15) is 0 Å². The third kappa shape index (κ3) is 327. The zero-order valence-electron chi connectivity index (χ0n) is 3.28. The van der Waals surface area contributed by atoms with Crippen LogP contribution in [0, 0.1) is 6.55 Å². The molecule has 0 fully saturated rings. The summed E-state index contributed by atoms with van der Waals surface area (Å²) in [7, 11) is -0.389. The summed E-state index contributed by atoms with van der Waals surface area (Å²) in [6.07, 6.45) is 0. The first-order valence-corrected chi connectivity index (χ1v) is 4.69. The molecule has 0 aromatic heterocycles. The maximum atomic E-state index is 3.78. The highest BCUT2D eigenvalue weighted by Crippen LogP contribution is 1.65. The van der Waals surface area contributed by atoms with E-state index in [1.165, 1.54) is 0 Å². The average Bonchev–Trinajstić information content (AvgIpc) is 0.811. The Morgan fingerprint density at radius 3 is 1.50 bits per heavy atom. The third-order valence-corrected chi connectivity index (χ3v) is 0. The molecule has 0 amide bonds. The molecule has 0 heterocycles. The smallest absolute Gasteiger partial charge is 0.0307 e. The minimum Gasteiger partial charge on any atom is -0.0307 e. The molecule has 0 saturated heterocycles. The van der Waals surface area contributed by atoms with Crippen LogP contribution in [0.15, 0.2) is 0 Å². The molecule has 4 heavy (non-hydrogen) atoms. The van der Waals surface area contributed by atoms with Crippen LogP contribution in [0.2, 0.25) is 13.1 Å². The van der Waals surface area contributed by atoms with Crippen LogP contribution in [0.25, 0.3) is 0 Å². The zero-order chi connectivity index (χ0) is 3.58. The van der Waals surface area contributed by atoms with Crippen molar-refractivity contribution in [3.63, 3.8) is 0 Å². The van der Waals surface area contributed by atoms with Crippen molar-refractivity contribution in [1.82, 2.24) is 0 Å². The van der Waals surface area contributed by atoms with Gasteiger partial charge in [0.1, 0.15) is 0 Å². The van der Waals surface area contributed by atoms with Gasteiger partial charge in [-0.3, -0.25) is 0 Å². The maximum absolute atomic E-state index is 3.78. The van der Waals surface area contributed by atoms with Gasteiger partial charge in [-0.1, -0.05) is 0 Å². The molecule has 0 rings (SSSR count). The molecule has 0 unspecified atom stereocenters. The van der Waals surface area contributed by atoms with Gasteiger partial charge in [0, 0.05) is 6.55 Å². The minimum atomic E-state index is -0.389. The summed E-state index contributed by atoms with van der Waals surface area (Å²) < 4.78 is 0. The lowest BCUT2D eigenvalue weighted by atomic mass is 11.8. The summed E-state index contributed by atoms with van der Waals surface area (Å²) in [5.74, 6) is 0. The molecule has 1 heteroatoms. The van der Waals surface area contributed by atoms with Crippen molar-refractivity contribution in [3.8, 4) is 0 Å². The van der Waals surface area contributed by atoms with Crippen molar-refractivity contribution >= 4 is 8.80 Å². The minimum absolute atomic E-state index is 0.389. The predicted molar refractivity (Wildman–Crippen MR) is 24.2 cm³/mol. The lowest BCUT2D eigenvalue weighted by molar-refractivity contribution is 2.01. The highest BCUT2D eigenvalue weighted by Gasteiger charge is 1.85. The Balaban J connectivity index is 2.32. The topological polar surface area (TPSA) is 0 Å². The van der Waals surface area contributed by atoms with Gasteiger partial charge in [0.25, 0.3) is 0 Å². The Kier molecular flexibility index (Phi) is 1.44. The Morgan fingerprint density at radius 2 is 1.50 bits per heavy atom. The molecule has 0 aromatic carbocycles. The van der Waals surface area contributed by atoms with Crippen molar-refractivity contribution in [3.05, 3.63) is 6.55 Å². The van der Waals surface area contributed by atoms with E-state index in [2.05, 4.69) is 19.6 Å². The first-order valence-electron chi connectivity index (χ1n) is 1.56. The van der Waals surface area contributed by atoms with Crippen LogP contribution in [0.5, 0.6) is 0 Å². The normalized spacial score (nSPS) is 8.75. The van der Waals surface area contributed by atoms with Gasteiger partial charge in [-0.05, 0) is 13.1 Å². The first kappa shape index (κ1) is 4.09. The van der Waals surface area contributed by atoms with Crippen LogP contribution in [0.3, 0.4) is 0 Å². The lowest BCUT2D eigenvalue weighted by Gasteiger charge is -1.62. The standard InChI is InChI=1S/C3H9Si/c1-4(2)3/h4H,1H2,2-3H3/q+1. The van der Waals surface area contributed by atoms with Crippen molar-refractivity contribution in [2.75, 3.05) is 0 Å². The third-order valence-electron chi connectivity index (χ3n) is 0. The molecule has 0 aliphatic carbocycles. The summed E-state index contributed by atoms with van der Waals surface area (Å²) in [5, 5.41) is 0. The second kappa shape index (κ2) is 1.41. The largest absolute Gasteiger partial charge is 0.244 e. The molecule has 0 bridgehead atoms. The SMILES string of the molecule is [CH2+][SiH](C)C. The van der Waals surface area contributed by atoms with Crippen LogP contribution in [-0.2, 0) is 0 Å². The Labute approximate surface area is 29.4 Å². The fourth-order valence-electron chi connectivity index (χ4n) is 0. The molecule has 0 radical (unpaired) electrons. The molecular weight excluding hydrogens is 64.1 g/mol. The molecular formula is C3H9Si+. The van der Waals surface area contributed by atoms with E-state index < -0.39 is 0 Å². The van der Waals surface area contributed by atoms with E-state index in [1.54, 1.807) is 0 Å². The van der Waals surface area contributed by atoms with Crippen molar-refractivity contribution < 1.29 is 0 Å². The number of hydrogen-bond acceptors (Lipinski definition) is 0. The van der Waals surface area contributed by atoms with Crippen LogP contribution in [0.1, 0.15) is 0 Å². The summed E-state index contributed by atoms with van der Waals surface area (Å²) in [6.45, 7) is 8.17. The van der Waals surface area contributed by atoms with Crippen molar-refractivity contribution in [2.24, 2.45) is 0 Å². The van der Waals surface area contributed by atoms with Crippen molar-refractivity contribution in [1.29, 1.82) is 0 Å². The van der Waals surface area contributed by atoms with Gasteiger partial charge in [-0.15, -0.1) is 0 Å². The summed E-state index contributed by atoms with van der Waals surface area (Å²) in [5.41, 5.74) is 0. The highest BCUT2D eigenvalue weighted by molar-refractivity contribution is 6.57. The predicted octanol–water partition coefficient (Wildman–Crippen LogP) is 0.846. The maximum Gasteiger partial charge on any atom is 0.244 e. The van der Waals surface area contributed by atoms with E-state index in [9.17, 15) is 0 Å². The van der Waals surface area contributed by atoms with Crippen LogP contribution in [-0.4, -0.2) is 8.80 Å². The van der Waals surface area contributed by atoms with Gasteiger partial charge in [0.2, 0.25) is 8.80 Å². The lowest BCUT2D eigenvalue weighted by Crippen LogP contribution is -1.86. The fourth-order valence-corrected chi connectivity index (χ4v) is 0. The van der Waals surface area contributed by atoms with E-state index in [0.717, 1.165) is 0 Å². The van der Waals surface area contributed by atoms with E-state index >= 15 is 0 Å². The molecule has 0 atom stereocenters. The molecule has 0 N–H and O–H groups in total. The van der Waals surface area contributed by atoms with Crippen LogP contribution < -0.4 is 0 Å². The average molecular weight is 73.2 g/mol. The first-order chi connectivity index (χ1) is 1.73. The van der Waals surface area contributed by atoms with Gasteiger partial charge in [0.05, 0.1) is 0 Å². The van der Waals surface area contributed by atoms with E-state index in [0.29, 0.717) is 0 Å². The monoisotopic (exact) mass is 73.0 g/mol. The van der Waals surface area contributed by atoms with Gasteiger partial charge in [0.15, 0.2) is 0 Å². The number of rotatable bonds is 0. The fraction of sp³-hybridized carbons (Fsp3) is 0.667. The van der Waals surface area contributed by atoms with E-state index in [1.807, 2.05) is 0 Å². The van der Waals surface area contributed by atoms with E-state index in [4.69, 9.17) is 0 Å². The quantitative estimate of drug-likeness (QED) is 0.294. The second-order valence-corrected chi connectivity index (χ2v) is 4.18. The van der Waals surface area contributed by atoms with Gasteiger partial charge in [-0.25, -0.2) is 0 Å². The molecule has 0 nitrogen and oxygen atoms in total. The Morgan fingerprint density at radius 1 is 1.50 bits per heavy atom.